The van der Waals surface area contributed by atoms with Crippen LogP contribution in [0, 0.1) is 5.82 Å². The molecule has 4 aromatic rings. The molecule has 0 aliphatic heterocycles. The predicted octanol–water partition coefficient (Wildman–Crippen LogP) is 2.86. The SMILES string of the molecule is O=c1[nH]c(NCc2ccc(-n3ccnc3)c(F)c2)nc2ccccc12. The second-order valence-corrected chi connectivity index (χ2v) is 5.54. The van der Waals surface area contributed by atoms with Crippen LogP contribution in [-0.2, 0) is 6.54 Å². The number of rotatable bonds is 4. The maximum absolute atomic E-state index is 14.3. The van der Waals surface area contributed by atoms with Crippen LogP contribution in [-0.4, -0.2) is 19.5 Å². The molecule has 0 aliphatic carbocycles. The van der Waals surface area contributed by atoms with Gasteiger partial charge in [0.1, 0.15) is 5.82 Å². The van der Waals surface area contributed by atoms with E-state index in [2.05, 4.69) is 20.3 Å². The van der Waals surface area contributed by atoms with Crippen molar-refractivity contribution in [2.45, 2.75) is 6.54 Å². The van der Waals surface area contributed by atoms with Gasteiger partial charge in [-0.3, -0.25) is 9.78 Å². The van der Waals surface area contributed by atoms with Crippen LogP contribution in [0.1, 0.15) is 5.56 Å². The number of aromatic amines is 1. The van der Waals surface area contributed by atoms with Gasteiger partial charge in [0.05, 0.1) is 22.9 Å². The second-order valence-electron chi connectivity index (χ2n) is 5.54. The van der Waals surface area contributed by atoms with Gasteiger partial charge in [-0.15, -0.1) is 0 Å². The van der Waals surface area contributed by atoms with Crippen molar-refractivity contribution in [3.05, 3.63) is 82.9 Å². The molecule has 7 heteroatoms. The van der Waals surface area contributed by atoms with E-state index in [1.807, 2.05) is 12.1 Å². The smallest absolute Gasteiger partial charge is 0.260 e. The fourth-order valence-electron chi connectivity index (χ4n) is 2.63. The molecule has 0 bridgehead atoms. The lowest BCUT2D eigenvalue weighted by molar-refractivity contribution is 0.616. The van der Waals surface area contributed by atoms with Crippen molar-refractivity contribution in [3.8, 4) is 5.69 Å². The van der Waals surface area contributed by atoms with Gasteiger partial charge in [0.15, 0.2) is 0 Å². The number of fused-ring (bicyclic) bond motifs is 1. The molecule has 2 heterocycles. The zero-order chi connectivity index (χ0) is 17.2. The minimum Gasteiger partial charge on any atom is -0.352 e. The van der Waals surface area contributed by atoms with E-state index in [1.165, 1.54) is 6.07 Å². The van der Waals surface area contributed by atoms with E-state index in [1.54, 1.807) is 47.6 Å². The van der Waals surface area contributed by atoms with Crippen LogP contribution < -0.4 is 10.9 Å². The Morgan fingerprint density at radius 2 is 2.08 bits per heavy atom. The lowest BCUT2D eigenvalue weighted by Crippen LogP contribution is -2.13. The number of aromatic nitrogens is 4. The Morgan fingerprint density at radius 3 is 2.88 bits per heavy atom. The number of hydrogen-bond acceptors (Lipinski definition) is 4. The van der Waals surface area contributed by atoms with E-state index < -0.39 is 0 Å². The van der Waals surface area contributed by atoms with Gasteiger partial charge in [0.2, 0.25) is 5.95 Å². The number of anilines is 1. The summed E-state index contributed by atoms with van der Waals surface area (Å²) in [6, 6.07) is 12.0. The van der Waals surface area contributed by atoms with Crippen LogP contribution in [0.25, 0.3) is 16.6 Å². The van der Waals surface area contributed by atoms with E-state index in [-0.39, 0.29) is 11.4 Å². The fourth-order valence-corrected chi connectivity index (χ4v) is 2.63. The minimum atomic E-state index is -0.350. The Labute approximate surface area is 142 Å². The molecule has 0 spiro atoms. The highest BCUT2D eigenvalue weighted by molar-refractivity contribution is 5.78. The second kappa shape index (κ2) is 6.20. The molecule has 0 saturated carbocycles. The Hall–Kier alpha value is -3.48. The van der Waals surface area contributed by atoms with Gasteiger partial charge < -0.3 is 9.88 Å². The topological polar surface area (TPSA) is 75.6 Å². The van der Waals surface area contributed by atoms with Crippen LogP contribution in [0.5, 0.6) is 0 Å². The van der Waals surface area contributed by atoms with Crippen LogP contribution in [0.3, 0.4) is 0 Å². The van der Waals surface area contributed by atoms with Crippen LogP contribution in [0.15, 0.2) is 66.0 Å². The maximum atomic E-state index is 14.3. The first-order valence-corrected chi connectivity index (χ1v) is 7.70. The molecule has 0 saturated heterocycles. The summed E-state index contributed by atoms with van der Waals surface area (Å²) in [5, 5.41) is 3.55. The van der Waals surface area contributed by atoms with E-state index in [9.17, 15) is 9.18 Å². The van der Waals surface area contributed by atoms with E-state index >= 15 is 0 Å². The summed E-state index contributed by atoms with van der Waals surface area (Å²) in [4.78, 5) is 23.0. The van der Waals surface area contributed by atoms with Gasteiger partial charge >= 0.3 is 0 Å². The highest BCUT2D eigenvalue weighted by atomic mass is 19.1. The molecular formula is C18H14FN5O. The normalized spacial score (nSPS) is 10.9. The molecule has 124 valence electrons. The van der Waals surface area contributed by atoms with Crippen molar-refractivity contribution in [1.29, 1.82) is 0 Å². The predicted molar refractivity (Wildman–Crippen MR) is 93.2 cm³/mol. The molecule has 2 N–H and O–H groups in total. The number of para-hydroxylation sites is 1. The number of nitrogens with one attached hydrogen (secondary N) is 2. The highest BCUT2D eigenvalue weighted by Crippen LogP contribution is 2.16. The third-order valence-electron chi connectivity index (χ3n) is 3.87. The Bertz CT molecular complexity index is 1090. The lowest BCUT2D eigenvalue weighted by atomic mass is 10.2. The van der Waals surface area contributed by atoms with Crippen molar-refractivity contribution < 1.29 is 4.39 Å². The monoisotopic (exact) mass is 335 g/mol. The summed E-state index contributed by atoms with van der Waals surface area (Å²) >= 11 is 0. The first-order valence-electron chi connectivity index (χ1n) is 7.70. The third-order valence-corrected chi connectivity index (χ3v) is 3.87. The zero-order valence-corrected chi connectivity index (χ0v) is 13.1. The molecule has 0 aliphatic rings. The molecule has 0 amide bonds. The number of benzene rings is 2. The molecule has 6 nitrogen and oxygen atoms in total. The first kappa shape index (κ1) is 15.1. The molecule has 0 atom stereocenters. The lowest BCUT2D eigenvalue weighted by Gasteiger charge is -2.09. The first-order chi connectivity index (χ1) is 12.2. The molecule has 2 aromatic heterocycles. The van der Waals surface area contributed by atoms with Crippen LogP contribution >= 0.6 is 0 Å². The molecule has 0 fully saturated rings. The molecular weight excluding hydrogens is 321 g/mol. The van der Waals surface area contributed by atoms with Crippen LogP contribution in [0.4, 0.5) is 10.3 Å². The van der Waals surface area contributed by atoms with Crippen molar-refractivity contribution in [2.24, 2.45) is 0 Å². The summed E-state index contributed by atoms with van der Waals surface area (Å²) in [6.07, 6.45) is 4.82. The zero-order valence-electron chi connectivity index (χ0n) is 13.1. The van der Waals surface area contributed by atoms with Gasteiger partial charge in [-0.1, -0.05) is 18.2 Å². The number of nitrogens with zero attached hydrogens (tertiary/aromatic N) is 3. The van der Waals surface area contributed by atoms with Crippen molar-refractivity contribution in [3.63, 3.8) is 0 Å². The molecule has 4 rings (SSSR count). The van der Waals surface area contributed by atoms with Crippen molar-refractivity contribution in [1.82, 2.24) is 19.5 Å². The van der Waals surface area contributed by atoms with Crippen molar-refractivity contribution >= 4 is 16.9 Å². The largest absolute Gasteiger partial charge is 0.352 e. The van der Waals surface area contributed by atoms with Gasteiger partial charge in [-0.05, 0) is 29.8 Å². The van der Waals surface area contributed by atoms with E-state index in [0.29, 0.717) is 29.1 Å². The van der Waals surface area contributed by atoms with Gasteiger partial charge in [-0.2, -0.15) is 0 Å². The highest BCUT2D eigenvalue weighted by Gasteiger charge is 2.07. The Balaban J connectivity index is 1.55. The van der Waals surface area contributed by atoms with E-state index in [0.717, 1.165) is 5.56 Å². The summed E-state index contributed by atoms with van der Waals surface area (Å²) in [6.45, 7) is 0.336. The van der Waals surface area contributed by atoms with Crippen molar-refractivity contribution in [2.75, 3.05) is 5.32 Å². The number of imidazole rings is 1. The summed E-state index contributed by atoms with van der Waals surface area (Å²) in [5.74, 6) is 0.0000541. The average Bonchev–Trinajstić information content (AvgIpc) is 3.14. The summed E-state index contributed by atoms with van der Waals surface area (Å²) < 4.78 is 15.9. The molecule has 0 radical (unpaired) electrons. The molecule has 25 heavy (non-hydrogen) atoms. The van der Waals surface area contributed by atoms with Gasteiger partial charge in [0.25, 0.3) is 5.56 Å². The van der Waals surface area contributed by atoms with Gasteiger partial charge in [-0.25, -0.2) is 14.4 Å². The molecule has 2 aromatic carbocycles. The Kier molecular flexibility index (Phi) is 3.74. The van der Waals surface area contributed by atoms with Crippen LogP contribution in [0.2, 0.25) is 0 Å². The minimum absolute atomic E-state index is 0.213. The third kappa shape index (κ3) is 2.99. The number of H-pyrrole nitrogens is 1. The standard InChI is InChI=1S/C18H14FN5O/c19-14-9-12(5-6-16(14)24-8-7-20-11-24)10-21-18-22-15-4-2-1-3-13(15)17(25)23-18/h1-9,11H,10H2,(H2,21,22,23,25). The summed E-state index contributed by atoms with van der Waals surface area (Å²) in [7, 11) is 0. The Morgan fingerprint density at radius 1 is 1.20 bits per heavy atom. The molecule has 0 unspecified atom stereocenters. The fraction of sp³-hybridized carbons (Fsp3) is 0.0556. The number of hydrogen-bond donors (Lipinski definition) is 2. The summed E-state index contributed by atoms with van der Waals surface area (Å²) in [5.41, 5.74) is 1.56. The number of halogens is 1. The quantitative estimate of drug-likeness (QED) is 0.601. The average molecular weight is 335 g/mol. The van der Waals surface area contributed by atoms with Gasteiger partial charge in [0, 0.05) is 18.9 Å². The maximum Gasteiger partial charge on any atom is 0.260 e. The van der Waals surface area contributed by atoms with E-state index in [4.69, 9.17) is 0 Å².